The lowest BCUT2D eigenvalue weighted by atomic mass is 10.2. The number of hydrogen-bond donors (Lipinski definition) is 0. The zero-order valence-corrected chi connectivity index (χ0v) is 13.5. The van der Waals surface area contributed by atoms with E-state index in [9.17, 15) is 13.2 Å². The van der Waals surface area contributed by atoms with E-state index in [-0.39, 0.29) is 5.91 Å². The van der Waals surface area contributed by atoms with Gasteiger partial charge in [-0.25, -0.2) is 8.42 Å². The van der Waals surface area contributed by atoms with Gasteiger partial charge in [0.2, 0.25) is 15.9 Å². The monoisotopic (exact) mass is 324 g/mol. The summed E-state index contributed by atoms with van der Waals surface area (Å²) in [5.74, 6) is 0.657. The van der Waals surface area contributed by atoms with Gasteiger partial charge in [0.15, 0.2) is 0 Å². The highest BCUT2D eigenvalue weighted by Gasteiger charge is 2.24. The van der Waals surface area contributed by atoms with Crippen molar-refractivity contribution in [2.24, 2.45) is 0 Å². The Kier molecular flexibility index (Phi) is 5.20. The quantitative estimate of drug-likeness (QED) is 0.769. The molecule has 1 heterocycles. The van der Waals surface area contributed by atoms with Crippen molar-refractivity contribution in [2.75, 3.05) is 39.5 Å². The minimum Gasteiger partial charge on any atom is -0.497 e. The van der Waals surface area contributed by atoms with Crippen LogP contribution in [0.15, 0.2) is 30.3 Å². The fourth-order valence-corrected chi connectivity index (χ4v) is 3.05. The van der Waals surface area contributed by atoms with Crippen molar-refractivity contribution in [3.05, 3.63) is 35.9 Å². The maximum atomic E-state index is 12.1. The summed E-state index contributed by atoms with van der Waals surface area (Å²) in [5.41, 5.74) is 0.906. The van der Waals surface area contributed by atoms with Crippen molar-refractivity contribution in [2.45, 2.75) is 0 Å². The largest absolute Gasteiger partial charge is 0.497 e. The number of piperazine rings is 1. The second-order valence-corrected chi connectivity index (χ2v) is 7.08. The maximum absolute atomic E-state index is 12.1. The van der Waals surface area contributed by atoms with Crippen molar-refractivity contribution in [1.29, 1.82) is 0 Å². The lowest BCUT2D eigenvalue weighted by molar-refractivity contribution is -0.127. The van der Waals surface area contributed by atoms with Crippen molar-refractivity contribution < 1.29 is 17.9 Å². The van der Waals surface area contributed by atoms with Gasteiger partial charge in [-0.05, 0) is 23.8 Å². The van der Waals surface area contributed by atoms with Gasteiger partial charge in [-0.15, -0.1) is 0 Å². The Morgan fingerprint density at radius 2 is 1.73 bits per heavy atom. The first-order valence-corrected chi connectivity index (χ1v) is 8.81. The summed E-state index contributed by atoms with van der Waals surface area (Å²) in [5, 5.41) is 0. The standard InChI is InChI=1S/C15H20N2O4S/c1-21-14-6-3-13(4-7-14)5-8-15(18)16-9-11-17(12-10-16)22(2,19)20/h3-8H,9-12H2,1-2H3/b8-5+. The second kappa shape index (κ2) is 6.93. The molecule has 0 bridgehead atoms. The molecule has 0 aliphatic carbocycles. The molecule has 1 aliphatic rings. The molecule has 2 rings (SSSR count). The predicted molar refractivity (Wildman–Crippen MR) is 85.0 cm³/mol. The van der Waals surface area contributed by atoms with Crippen LogP contribution in [0.5, 0.6) is 5.75 Å². The van der Waals surface area contributed by atoms with E-state index in [0.29, 0.717) is 26.2 Å². The van der Waals surface area contributed by atoms with Crippen molar-refractivity contribution in [1.82, 2.24) is 9.21 Å². The lowest BCUT2D eigenvalue weighted by Crippen LogP contribution is -2.49. The molecule has 6 nitrogen and oxygen atoms in total. The molecule has 22 heavy (non-hydrogen) atoms. The van der Waals surface area contributed by atoms with Crippen LogP contribution in [-0.2, 0) is 14.8 Å². The summed E-state index contributed by atoms with van der Waals surface area (Å²) >= 11 is 0. The average molecular weight is 324 g/mol. The van der Waals surface area contributed by atoms with Crippen LogP contribution in [0.1, 0.15) is 5.56 Å². The number of methoxy groups -OCH3 is 1. The van der Waals surface area contributed by atoms with E-state index in [2.05, 4.69) is 0 Å². The number of benzene rings is 1. The summed E-state index contributed by atoms with van der Waals surface area (Å²) in [6.45, 7) is 1.53. The third kappa shape index (κ3) is 4.32. The predicted octanol–water partition coefficient (Wildman–Crippen LogP) is 0.812. The number of ether oxygens (including phenoxy) is 1. The molecule has 1 amide bonds. The summed E-state index contributed by atoms with van der Waals surface area (Å²) in [6.07, 6.45) is 4.44. The molecule has 1 fully saturated rings. The summed E-state index contributed by atoms with van der Waals surface area (Å²) in [7, 11) is -1.57. The Morgan fingerprint density at radius 1 is 1.14 bits per heavy atom. The first kappa shape index (κ1) is 16.5. The van der Waals surface area contributed by atoms with Crippen LogP contribution in [0.4, 0.5) is 0 Å². The molecular formula is C15H20N2O4S. The number of carbonyl (C=O) groups excluding carboxylic acids is 1. The summed E-state index contributed by atoms with van der Waals surface area (Å²) in [6, 6.07) is 7.39. The van der Waals surface area contributed by atoms with Crippen LogP contribution in [0.25, 0.3) is 6.08 Å². The summed E-state index contributed by atoms with van der Waals surface area (Å²) in [4.78, 5) is 13.8. The van der Waals surface area contributed by atoms with Gasteiger partial charge in [0.25, 0.3) is 0 Å². The molecule has 120 valence electrons. The molecule has 0 N–H and O–H groups in total. The molecule has 0 saturated carbocycles. The molecule has 1 saturated heterocycles. The number of rotatable bonds is 4. The highest BCUT2D eigenvalue weighted by molar-refractivity contribution is 7.88. The van der Waals surface area contributed by atoms with Crippen LogP contribution >= 0.6 is 0 Å². The first-order chi connectivity index (χ1) is 10.4. The van der Waals surface area contributed by atoms with Crippen molar-refractivity contribution in [3.63, 3.8) is 0 Å². The minimum atomic E-state index is -3.17. The fourth-order valence-electron chi connectivity index (χ4n) is 2.23. The van der Waals surface area contributed by atoms with Gasteiger partial charge in [-0.1, -0.05) is 12.1 Å². The minimum absolute atomic E-state index is 0.107. The van der Waals surface area contributed by atoms with Gasteiger partial charge in [-0.3, -0.25) is 4.79 Å². The Balaban J connectivity index is 1.91. The van der Waals surface area contributed by atoms with E-state index in [1.54, 1.807) is 18.1 Å². The Morgan fingerprint density at radius 3 is 2.23 bits per heavy atom. The number of sulfonamides is 1. The van der Waals surface area contributed by atoms with Crippen LogP contribution < -0.4 is 4.74 Å². The van der Waals surface area contributed by atoms with Crippen LogP contribution in [0.2, 0.25) is 0 Å². The van der Waals surface area contributed by atoms with Crippen molar-refractivity contribution in [3.8, 4) is 5.75 Å². The third-order valence-corrected chi connectivity index (χ3v) is 4.86. The van der Waals surface area contributed by atoms with Gasteiger partial charge in [0.05, 0.1) is 13.4 Å². The highest BCUT2D eigenvalue weighted by Crippen LogP contribution is 2.13. The molecule has 1 aromatic rings. The number of hydrogen-bond acceptors (Lipinski definition) is 4. The van der Waals surface area contributed by atoms with E-state index in [0.717, 1.165) is 11.3 Å². The van der Waals surface area contributed by atoms with Crippen LogP contribution in [0.3, 0.4) is 0 Å². The second-order valence-electron chi connectivity index (χ2n) is 5.09. The number of nitrogens with zero attached hydrogens (tertiary/aromatic N) is 2. The van der Waals surface area contributed by atoms with Gasteiger partial charge < -0.3 is 9.64 Å². The smallest absolute Gasteiger partial charge is 0.246 e. The SMILES string of the molecule is COc1ccc(/C=C/C(=O)N2CCN(S(C)(=O)=O)CC2)cc1. The lowest BCUT2D eigenvalue weighted by Gasteiger charge is -2.32. The van der Waals surface area contributed by atoms with Gasteiger partial charge >= 0.3 is 0 Å². The number of carbonyl (C=O) groups is 1. The first-order valence-electron chi connectivity index (χ1n) is 6.96. The van der Waals surface area contributed by atoms with E-state index in [1.807, 2.05) is 24.3 Å². The van der Waals surface area contributed by atoms with E-state index < -0.39 is 10.0 Å². The van der Waals surface area contributed by atoms with Crippen molar-refractivity contribution >= 4 is 22.0 Å². The molecule has 0 unspecified atom stereocenters. The Hall–Kier alpha value is -1.86. The zero-order chi connectivity index (χ0) is 16.2. The van der Waals surface area contributed by atoms with Crippen LogP contribution in [-0.4, -0.2) is 63.1 Å². The van der Waals surface area contributed by atoms with Gasteiger partial charge in [-0.2, -0.15) is 4.31 Å². The molecule has 0 atom stereocenters. The third-order valence-electron chi connectivity index (χ3n) is 3.55. The van der Waals surface area contributed by atoms with E-state index in [1.165, 1.54) is 16.6 Å². The molecule has 1 aromatic carbocycles. The molecular weight excluding hydrogens is 304 g/mol. The van der Waals surface area contributed by atoms with E-state index >= 15 is 0 Å². The molecule has 1 aliphatic heterocycles. The Labute approximate surface area is 131 Å². The topological polar surface area (TPSA) is 66.9 Å². The van der Waals surface area contributed by atoms with E-state index in [4.69, 9.17) is 4.74 Å². The average Bonchev–Trinajstić information content (AvgIpc) is 2.52. The normalized spacial score (nSPS) is 16.9. The van der Waals surface area contributed by atoms with Gasteiger partial charge in [0, 0.05) is 32.3 Å². The maximum Gasteiger partial charge on any atom is 0.246 e. The molecule has 0 radical (unpaired) electrons. The zero-order valence-electron chi connectivity index (χ0n) is 12.7. The van der Waals surface area contributed by atoms with Gasteiger partial charge in [0.1, 0.15) is 5.75 Å². The Bertz CT molecular complexity index is 645. The highest BCUT2D eigenvalue weighted by atomic mass is 32.2. The number of amides is 1. The molecule has 7 heteroatoms. The fraction of sp³-hybridized carbons (Fsp3) is 0.400. The summed E-state index contributed by atoms with van der Waals surface area (Å²) < 4.78 is 29.3. The molecule has 0 aromatic heterocycles. The van der Waals surface area contributed by atoms with Crippen LogP contribution in [0, 0.1) is 0 Å². The molecule has 0 spiro atoms.